The molecular weight excluding hydrogens is 314 g/mol. The van der Waals surface area contributed by atoms with Gasteiger partial charge in [0.05, 0.1) is 16.9 Å². The summed E-state index contributed by atoms with van der Waals surface area (Å²) in [5, 5.41) is 4.62. The Morgan fingerprint density at radius 3 is 2.92 bits per heavy atom. The smallest absolute Gasteiger partial charge is 0.151 e. The lowest BCUT2D eigenvalue weighted by Gasteiger charge is -2.23. The molecule has 0 amide bonds. The Bertz CT molecular complexity index is 911. The molecular formula is C19H21N5O. The number of ether oxygens (including phenoxy) is 1. The molecule has 1 aliphatic rings. The van der Waals surface area contributed by atoms with Crippen LogP contribution in [0.4, 0.5) is 5.82 Å². The lowest BCUT2D eigenvalue weighted by Crippen LogP contribution is -2.28. The molecule has 6 nitrogen and oxygen atoms in total. The third-order valence-corrected chi connectivity index (χ3v) is 4.62. The lowest BCUT2D eigenvalue weighted by atomic mass is 10.1. The molecule has 0 spiro atoms. The van der Waals surface area contributed by atoms with E-state index in [4.69, 9.17) is 4.74 Å². The van der Waals surface area contributed by atoms with Gasteiger partial charge in [0.15, 0.2) is 5.82 Å². The molecule has 0 unspecified atom stereocenters. The minimum absolute atomic E-state index is 0.426. The molecule has 3 aromatic rings. The molecule has 128 valence electrons. The van der Waals surface area contributed by atoms with E-state index >= 15 is 0 Å². The molecule has 25 heavy (non-hydrogen) atoms. The third-order valence-electron chi connectivity index (χ3n) is 4.62. The van der Waals surface area contributed by atoms with Crippen LogP contribution in [0.1, 0.15) is 18.7 Å². The zero-order chi connectivity index (χ0) is 17.2. The topological polar surface area (TPSA) is 64.9 Å². The van der Waals surface area contributed by atoms with Gasteiger partial charge in [-0.2, -0.15) is 0 Å². The molecule has 1 fully saturated rings. The third kappa shape index (κ3) is 3.13. The van der Waals surface area contributed by atoms with Crippen molar-refractivity contribution in [3.8, 4) is 11.4 Å². The summed E-state index contributed by atoms with van der Waals surface area (Å²) in [6, 6.07) is 6.55. The van der Waals surface area contributed by atoms with E-state index in [1.807, 2.05) is 19.3 Å². The zero-order valence-electron chi connectivity index (χ0n) is 14.3. The highest BCUT2D eigenvalue weighted by molar-refractivity contribution is 5.87. The largest absolute Gasteiger partial charge is 0.381 e. The predicted molar refractivity (Wildman–Crippen MR) is 99.3 cm³/mol. The molecule has 4 rings (SSSR count). The Balaban J connectivity index is 1.68. The molecule has 3 aromatic heterocycles. The van der Waals surface area contributed by atoms with E-state index in [0.29, 0.717) is 11.9 Å². The number of fused-ring (bicyclic) bond motifs is 1. The monoisotopic (exact) mass is 335 g/mol. The maximum absolute atomic E-state index is 5.41. The summed E-state index contributed by atoms with van der Waals surface area (Å²) in [6.45, 7) is 5.37. The van der Waals surface area contributed by atoms with Crippen LogP contribution in [0.2, 0.25) is 0 Å². The van der Waals surface area contributed by atoms with E-state index in [1.165, 1.54) is 0 Å². The second kappa shape index (κ2) is 6.64. The van der Waals surface area contributed by atoms with Crippen molar-refractivity contribution < 1.29 is 4.74 Å². The Hall–Kier alpha value is -2.73. The van der Waals surface area contributed by atoms with E-state index in [9.17, 15) is 0 Å². The van der Waals surface area contributed by atoms with Crippen LogP contribution in [0.15, 0.2) is 37.2 Å². The number of hydrogen-bond donors (Lipinski definition) is 1. The van der Waals surface area contributed by atoms with Gasteiger partial charge in [0.1, 0.15) is 5.82 Å². The van der Waals surface area contributed by atoms with Crippen LogP contribution in [0.5, 0.6) is 0 Å². The van der Waals surface area contributed by atoms with Crippen molar-refractivity contribution in [1.82, 2.24) is 19.5 Å². The summed E-state index contributed by atoms with van der Waals surface area (Å²) >= 11 is 0. The average molecular weight is 335 g/mol. The molecule has 1 N–H and O–H groups in total. The van der Waals surface area contributed by atoms with Gasteiger partial charge in [-0.15, -0.1) is 0 Å². The summed E-state index contributed by atoms with van der Waals surface area (Å²) in [6.07, 6.45) is 7.36. The summed E-state index contributed by atoms with van der Waals surface area (Å²) in [7, 11) is 2.05. The van der Waals surface area contributed by atoms with Gasteiger partial charge < -0.3 is 14.6 Å². The summed E-state index contributed by atoms with van der Waals surface area (Å²) in [4.78, 5) is 13.3. The SMILES string of the molecule is C=Cc1nccc(-c2cc3cnc(NC4CCOCC4)cc3n2C)n1. The number of nitrogens with zero attached hydrogens (tertiary/aromatic N) is 4. The van der Waals surface area contributed by atoms with Crippen molar-refractivity contribution >= 4 is 22.8 Å². The molecule has 0 bridgehead atoms. The van der Waals surface area contributed by atoms with Crippen LogP contribution in [0.3, 0.4) is 0 Å². The normalized spacial score (nSPS) is 15.4. The highest BCUT2D eigenvalue weighted by Crippen LogP contribution is 2.27. The minimum atomic E-state index is 0.426. The second-order valence-corrected chi connectivity index (χ2v) is 6.25. The first-order valence-corrected chi connectivity index (χ1v) is 8.50. The molecule has 0 radical (unpaired) electrons. The molecule has 6 heteroatoms. The van der Waals surface area contributed by atoms with Gasteiger partial charge in [0, 0.05) is 50.1 Å². The van der Waals surface area contributed by atoms with E-state index in [-0.39, 0.29) is 0 Å². The molecule has 4 heterocycles. The first kappa shape index (κ1) is 15.8. The van der Waals surface area contributed by atoms with Crippen LogP contribution >= 0.6 is 0 Å². The van der Waals surface area contributed by atoms with Crippen LogP contribution in [-0.4, -0.2) is 38.8 Å². The van der Waals surface area contributed by atoms with Crippen LogP contribution in [-0.2, 0) is 11.8 Å². The van der Waals surface area contributed by atoms with E-state index in [2.05, 4.69) is 43.5 Å². The number of aryl methyl sites for hydroxylation is 1. The Morgan fingerprint density at radius 1 is 1.28 bits per heavy atom. The van der Waals surface area contributed by atoms with Gasteiger partial charge in [0.2, 0.25) is 0 Å². The highest BCUT2D eigenvalue weighted by Gasteiger charge is 2.15. The fourth-order valence-electron chi connectivity index (χ4n) is 3.22. The molecule has 1 saturated heterocycles. The number of anilines is 1. The van der Waals surface area contributed by atoms with Gasteiger partial charge >= 0.3 is 0 Å². The fraction of sp³-hybridized carbons (Fsp3) is 0.316. The average Bonchev–Trinajstić information content (AvgIpc) is 2.99. The molecule has 0 aromatic carbocycles. The van der Waals surface area contributed by atoms with Gasteiger partial charge in [-0.1, -0.05) is 6.58 Å². The number of rotatable bonds is 4. The van der Waals surface area contributed by atoms with Crippen LogP contribution in [0, 0.1) is 0 Å². The van der Waals surface area contributed by atoms with Gasteiger partial charge in [0.25, 0.3) is 0 Å². The van der Waals surface area contributed by atoms with Gasteiger partial charge in [-0.05, 0) is 31.1 Å². The first-order chi connectivity index (χ1) is 12.2. The predicted octanol–water partition coefficient (Wildman–Crippen LogP) is 3.26. The number of hydrogen-bond acceptors (Lipinski definition) is 5. The summed E-state index contributed by atoms with van der Waals surface area (Å²) in [5.41, 5.74) is 3.03. The number of aromatic nitrogens is 4. The van der Waals surface area contributed by atoms with Crippen LogP contribution in [0.25, 0.3) is 28.4 Å². The van der Waals surface area contributed by atoms with Gasteiger partial charge in [-0.25, -0.2) is 15.0 Å². The Kier molecular flexibility index (Phi) is 4.19. The zero-order valence-corrected chi connectivity index (χ0v) is 14.3. The Morgan fingerprint density at radius 2 is 2.12 bits per heavy atom. The maximum Gasteiger partial charge on any atom is 0.151 e. The fourth-order valence-corrected chi connectivity index (χ4v) is 3.22. The van der Waals surface area contributed by atoms with Crippen molar-refractivity contribution in [2.24, 2.45) is 7.05 Å². The standard InChI is InChI=1S/C19H21N5O/c1-3-18-20-7-4-15(23-18)17-10-13-12-21-19(11-16(13)24(17)2)22-14-5-8-25-9-6-14/h3-4,7,10-12,14H,1,5-6,8-9H2,2H3,(H,21,22). The van der Waals surface area contributed by atoms with Crippen LogP contribution < -0.4 is 5.32 Å². The van der Waals surface area contributed by atoms with Crippen molar-refractivity contribution in [2.75, 3.05) is 18.5 Å². The van der Waals surface area contributed by atoms with Gasteiger partial charge in [-0.3, -0.25) is 0 Å². The summed E-state index contributed by atoms with van der Waals surface area (Å²) < 4.78 is 7.55. The molecule has 1 aliphatic heterocycles. The summed E-state index contributed by atoms with van der Waals surface area (Å²) in [5.74, 6) is 1.53. The number of nitrogens with one attached hydrogen (secondary N) is 1. The van der Waals surface area contributed by atoms with E-state index < -0.39 is 0 Å². The van der Waals surface area contributed by atoms with E-state index in [1.54, 1.807) is 12.3 Å². The lowest BCUT2D eigenvalue weighted by molar-refractivity contribution is 0.0904. The number of pyridine rings is 1. The molecule has 0 saturated carbocycles. The Labute approximate surface area is 146 Å². The second-order valence-electron chi connectivity index (χ2n) is 6.25. The van der Waals surface area contributed by atoms with Crippen molar-refractivity contribution in [3.05, 3.63) is 43.0 Å². The molecule has 0 aliphatic carbocycles. The van der Waals surface area contributed by atoms with Crippen molar-refractivity contribution in [3.63, 3.8) is 0 Å². The quantitative estimate of drug-likeness (QED) is 0.793. The highest BCUT2D eigenvalue weighted by atomic mass is 16.5. The molecule has 0 atom stereocenters. The maximum atomic E-state index is 5.41. The van der Waals surface area contributed by atoms with Crippen molar-refractivity contribution in [1.29, 1.82) is 0 Å². The van der Waals surface area contributed by atoms with E-state index in [0.717, 1.165) is 54.2 Å². The minimum Gasteiger partial charge on any atom is -0.381 e. The first-order valence-electron chi connectivity index (χ1n) is 8.50. The van der Waals surface area contributed by atoms with Crippen molar-refractivity contribution in [2.45, 2.75) is 18.9 Å².